The molecule has 0 spiro atoms. The minimum absolute atomic E-state index is 0.159. The van der Waals surface area contributed by atoms with Crippen LogP contribution in [0.25, 0.3) is 6.08 Å². The molecule has 8 heteroatoms. The first-order valence-electron chi connectivity index (χ1n) is 7.98. The molecule has 0 fully saturated rings. The molecule has 1 aromatic rings. The van der Waals surface area contributed by atoms with Crippen LogP contribution in [-0.2, 0) is 19.1 Å². The van der Waals surface area contributed by atoms with Gasteiger partial charge in [0.1, 0.15) is 12.4 Å². The summed E-state index contributed by atoms with van der Waals surface area (Å²) >= 11 is 0. The van der Waals surface area contributed by atoms with Gasteiger partial charge in [-0.1, -0.05) is 12.1 Å². The molecule has 2 N–H and O–H groups in total. The summed E-state index contributed by atoms with van der Waals surface area (Å²) in [6.45, 7) is 3.15. The number of amides is 2. The largest absolute Gasteiger partial charge is 0.463 e. The predicted molar refractivity (Wildman–Crippen MR) is 91.2 cm³/mol. The minimum Gasteiger partial charge on any atom is -0.463 e. The molecular formula is C18H19FN2O5. The average molecular weight is 362 g/mol. The number of benzene rings is 1. The van der Waals surface area contributed by atoms with E-state index in [2.05, 4.69) is 10.6 Å². The number of hydrogen-bond donors (Lipinski definition) is 2. The fourth-order valence-electron chi connectivity index (χ4n) is 2.36. The first-order valence-corrected chi connectivity index (χ1v) is 7.98. The van der Waals surface area contributed by atoms with E-state index in [0.717, 1.165) is 6.08 Å². The maximum Gasteiger partial charge on any atom is 0.338 e. The van der Waals surface area contributed by atoms with Gasteiger partial charge < -0.3 is 20.1 Å². The quantitative estimate of drug-likeness (QED) is 0.595. The third kappa shape index (κ3) is 5.17. The van der Waals surface area contributed by atoms with Crippen LogP contribution in [0.1, 0.15) is 19.4 Å². The fourth-order valence-corrected chi connectivity index (χ4v) is 2.36. The topological polar surface area (TPSA) is 93.7 Å². The summed E-state index contributed by atoms with van der Waals surface area (Å²) in [5, 5.41) is 4.99. The second-order valence-electron chi connectivity index (χ2n) is 5.43. The Morgan fingerprint density at radius 1 is 1.31 bits per heavy atom. The van der Waals surface area contributed by atoms with Crippen molar-refractivity contribution in [2.75, 3.05) is 13.2 Å². The van der Waals surface area contributed by atoms with Gasteiger partial charge in [-0.05, 0) is 37.6 Å². The number of ether oxygens (including phenoxy) is 2. The van der Waals surface area contributed by atoms with E-state index in [1.165, 1.54) is 24.3 Å². The molecule has 26 heavy (non-hydrogen) atoms. The summed E-state index contributed by atoms with van der Waals surface area (Å²) in [6, 6.07) is 4.61. The van der Waals surface area contributed by atoms with Gasteiger partial charge in [0.15, 0.2) is 0 Å². The van der Waals surface area contributed by atoms with E-state index >= 15 is 0 Å². The Labute approximate surface area is 149 Å². The van der Waals surface area contributed by atoms with Crippen molar-refractivity contribution < 1.29 is 28.2 Å². The number of carbonyl (C=O) groups is 3. The highest BCUT2D eigenvalue weighted by molar-refractivity contribution is 5.95. The highest BCUT2D eigenvalue weighted by Gasteiger charge is 2.30. The SMILES string of the molecule is CCOC(=O)C1=C(COC(=O)/C=C/c2cccc(F)c2)NC(=O)N[C@H]1C. The standard InChI is InChI=1S/C18H19FN2O5/c1-3-25-17(23)16-11(2)20-18(24)21-14(16)10-26-15(22)8-7-12-5-4-6-13(19)9-12/h4-9,11H,3,10H2,1-2H3,(H2,20,21,24)/b8-7+/t11-/m0/s1. The zero-order valence-corrected chi connectivity index (χ0v) is 14.4. The van der Waals surface area contributed by atoms with Crippen molar-refractivity contribution in [1.82, 2.24) is 10.6 Å². The van der Waals surface area contributed by atoms with Crippen molar-refractivity contribution in [1.29, 1.82) is 0 Å². The lowest BCUT2D eigenvalue weighted by Gasteiger charge is -2.26. The number of nitrogens with one attached hydrogen (secondary N) is 2. The van der Waals surface area contributed by atoms with E-state index < -0.39 is 29.8 Å². The number of halogens is 1. The van der Waals surface area contributed by atoms with Gasteiger partial charge in [-0.25, -0.2) is 18.8 Å². The van der Waals surface area contributed by atoms with E-state index in [0.29, 0.717) is 5.56 Å². The zero-order chi connectivity index (χ0) is 19.1. The van der Waals surface area contributed by atoms with Crippen LogP contribution in [0.3, 0.4) is 0 Å². The predicted octanol–water partition coefficient (Wildman–Crippen LogP) is 1.90. The van der Waals surface area contributed by atoms with Crippen LogP contribution in [0.15, 0.2) is 41.6 Å². The number of carbonyl (C=O) groups excluding carboxylic acids is 3. The Morgan fingerprint density at radius 2 is 2.08 bits per heavy atom. The normalized spacial score (nSPS) is 16.9. The first kappa shape index (κ1) is 19.2. The lowest BCUT2D eigenvalue weighted by Crippen LogP contribution is -2.50. The molecule has 7 nitrogen and oxygen atoms in total. The van der Waals surface area contributed by atoms with Gasteiger partial charge in [-0.3, -0.25) is 0 Å². The fraction of sp³-hybridized carbons (Fsp3) is 0.278. The Kier molecular flexibility index (Phi) is 6.48. The summed E-state index contributed by atoms with van der Waals surface area (Å²) < 4.78 is 23.1. The molecule has 1 atom stereocenters. The molecule has 0 radical (unpaired) electrons. The number of urea groups is 1. The Hall–Kier alpha value is -3.16. The van der Waals surface area contributed by atoms with Crippen molar-refractivity contribution in [3.05, 3.63) is 53.0 Å². The van der Waals surface area contributed by atoms with Gasteiger partial charge >= 0.3 is 18.0 Å². The highest BCUT2D eigenvalue weighted by atomic mass is 19.1. The van der Waals surface area contributed by atoms with E-state index in [-0.39, 0.29) is 24.5 Å². The molecule has 0 unspecified atom stereocenters. The molecule has 0 saturated carbocycles. The number of esters is 2. The van der Waals surface area contributed by atoms with Crippen molar-refractivity contribution in [3.8, 4) is 0 Å². The summed E-state index contributed by atoms with van der Waals surface area (Å²) in [5.41, 5.74) is 0.845. The number of hydrogen-bond acceptors (Lipinski definition) is 5. The minimum atomic E-state index is -0.703. The van der Waals surface area contributed by atoms with Gasteiger partial charge in [-0.15, -0.1) is 0 Å². The Bertz CT molecular complexity index is 773. The molecule has 0 aromatic heterocycles. The Balaban J connectivity index is 2.06. The van der Waals surface area contributed by atoms with Crippen molar-refractivity contribution in [2.24, 2.45) is 0 Å². The molecule has 1 aliphatic rings. The van der Waals surface area contributed by atoms with Gasteiger partial charge in [0.05, 0.1) is 23.9 Å². The lowest BCUT2D eigenvalue weighted by atomic mass is 10.0. The molecule has 138 valence electrons. The average Bonchev–Trinajstić information content (AvgIpc) is 2.57. The maximum atomic E-state index is 13.1. The van der Waals surface area contributed by atoms with Crippen LogP contribution >= 0.6 is 0 Å². The lowest BCUT2D eigenvalue weighted by molar-refractivity contribution is -0.140. The van der Waals surface area contributed by atoms with Gasteiger partial charge in [0, 0.05) is 6.08 Å². The molecule has 0 bridgehead atoms. The van der Waals surface area contributed by atoms with Crippen LogP contribution in [0.5, 0.6) is 0 Å². The molecule has 2 rings (SSSR count). The third-order valence-corrected chi connectivity index (χ3v) is 3.48. The van der Waals surface area contributed by atoms with Gasteiger partial charge in [-0.2, -0.15) is 0 Å². The summed E-state index contributed by atoms with van der Waals surface area (Å²) in [6.07, 6.45) is 2.53. The van der Waals surface area contributed by atoms with Crippen LogP contribution in [0.2, 0.25) is 0 Å². The maximum absolute atomic E-state index is 13.1. The molecule has 1 aliphatic heterocycles. The second kappa shape index (κ2) is 8.80. The molecule has 0 saturated heterocycles. The van der Waals surface area contributed by atoms with Crippen molar-refractivity contribution in [3.63, 3.8) is 0 Å². The van der Waals surface area contributed by atoms with E-state index in [9.17, 15) is 18.8 Å². The highest BCUT2D eigenvalue weighted by Crippen LogP contribution is 2.15. The van der Waals surface area contributed by atoms with Crippen LogP contribution < -0.4 is 10.6 Å². The monoisotopic (exact) mass is 362 g/mol. The summed E-state index contributed by atoms with van der Waals surface area (Å²) in [4.78, 5) is 35.5. The summed E-state index contributed by atoms with van der Waals surface area (Å²) in [7, 11) is 0. The summed E-state index contributed by atoms with van der Waals surface area (Å²) in [5.74, 6) is -1.73. The third-order valence-electron chi connectivity index (χ3n) is 3.48. The van der Waals surface area contributed by atoms with E-state index in [1.807, 2.05) is 0 Å². The van der Waals surface area contributed by atoms with Crippen LogP contribution in [-0.4, -0.2) is 37.2 Å². The van der Waals surface area contributed by atoms with Gasteiger partial charge in [0.25, 0.3) is 0 Å². The second-order valence-corrected chi connectivity index (χ2v) is 5.43. The molecule has 0 aliphatic carbocycles. The smallest absolute Gasteiger partial charge is 0.338 e. The van der Waals surface area contributed by atoms with Crippen molar-refractivity contribution in [2.45, 2.75) is 19.9 Å². The molecule has 1 aromatic carbocycles. The molecule has 1 heterocycles. The van der Waals surface area contributed by atoms with Gasteiger partial charge in [0.2, 0.25) is 0 Å². The first-order chi connectivity index (χ1) is 12.4. The van der Waals surface area contributed by atoms with Crippen LogP contribution in [0.4, 0.5) is 9.18 Å². The van der Waals surface area contributed by atoms with Crippen molar-refractivity contribution >= 4 is 24.0 Å². The Morgan fingerprint density at radius 3 is 2.77 bits per heavy atom. The van der Waals surface area contributed by atoms with Crippen LogP contribution in [0, 0.1) is 5.82 Å². The molecule has 2 amide bonds. The van der Waals surface area contributed by atoms with E-state index in [1.54, 1.807) is 19.9 Å². The number of rotatable bonds is 6. The van der Waals surface area contributed by atoms with E-state index in [4.69, 9.17) is 9.47 Å². The molecular weight excluding hydrogens is 343 g/mol. The zero-order valence-electron chi connectivity index (χ0n) is 14.4.